The van der Waals surface area contributed by atoms with Crippen LogP contribution in [0.5, 0.6) is 23.0 Å². The van der Waals surface area contributed by atoms with Crippen LogP contribution in [0.25, 0.3) is 21.9 Å². The minimum Gasteiger partial charge on any atom is -0.505 e. The summed E-state index contributed by atoms with van der Waals surface area (Å²) >= 11 is 0. The molecule has 7 rings (SSSR count). The molecule has 2 saturated heterocycles. The standard InChI is InChI=1S/C41H45N3O18/c1-15-20(34(51)43-24-26(45)18-10-8-16(12-21(18)59-36(24)53)57-38-30(49)28(47)32(55-6)40(2,3)61-38)14-42-23(15)35(52)44-25-27(46)19-11-9-17(13-22(19)60-37(25)54)58-39-31(50)29(48)33(56-7)41(4,5)62-39/h8-14,28-33,38-39,42,45-50H,1-7H3,(H,43,51)(H,44,52)/t28-,29-,30?,31+,32+,33+,38+,39+/m0/s1. The van der Waals surface area contributed by atoms with Crippen molar-refractivity contribution in [1.29, 1.82) is 0 Å². The van der Waals surface area contributed by atoms with E-state index in [0.717, 1.165) is 6.20 Å². The number of aromatic nitrogens is 1. The van der Waals surface area contributed by atoms with E-state index in [1.54, 1.807) is 27.7 Å². The molecule has 2 aliphatic heterocycles. The molecule has 2 amide bonds. The van der Waals surface area contributed by atoms with Crippen molar-refractivity contribution in [2.75, 3.05) is 24.9 Å². The molecule has 5 heterocycles. The van der Waals surface area contributed by atoms with Crippen molar-refractivity contribution >= 4 is 45.1 Å². The zero-order chi connectivity index (χ0) is 45.2. The third-order valence-electron chi connectivity index (χ3n) is 10.9. The van der Waals surface area contributed by atoms with Crippen LogP contribution < -0.4 is 31.4 Å². The summed E-state index contributed by atoms with van der Waals surface area (Å²) in [4.78, 5) is 55.5. The fraction of sp³-hybridized carbons (Fsp3) is 0.415. The van der Waals surface area contributed by atoms with E-state index in [2.05, 4.69) is 15.6 Å². The van der Waals surface area contributed by atoms with E-state index in [9.17, 15) is 49.8 Å². The number of rotatable bonds is 10. The minimum absolute atomic E-state index is 0.0117. The van der Waals surface area contributed by atoms with E-state index in [4.69, 9.17) is 37.3 Å². The lowest BCUT2D eigenvalue weighted by molar-refractivity contribution is -0.306. The highest BCUT2D eigenvalue weighted by molar-refractivity contribution is 6.11. The number of benzene rings is 2. The number of H-pyrrole nitrogens is 1. The molecule has 3 aromatic heterocycles. The highest BCUT2D eigenvalue weighted by Crippen LogP contribution is 2.38. The number of ether oxygens (including phenoxy) is 6. The molecule has 0 spiro atoms. The van der Waals surface area contributed by atoms with Gasteiger partial charge in [0.1, 0.15) is 65.0 Å². The molecule has 0 aliphatic carbocycles. The molecule has 0 radical (unpaired) electrons. The number of hydrogen-bond donors (Lipinski definition) is 9. The van der Waals surface area contributed by atoms with Crippen LogP contribution in [-0.4, -0.2) is 122 Å². The zero-order valence-corrected chi connectivity index (χ0v) is 34.2. The Bertz CT molecular complexity index is 2490. The van der Waals surface area contributed by atoms with Gasteiger partial charge in [0, 0.05) is 32.5 Å². The lowest BCUT2D eigenvalue weighted by Gasteiger charge is -2.46. The van der Waals surface area contributed by atoms with Gasteiger partial charge in [-0.3, -0.25) is 9.59 Å². The van der Waals surface area contributed by atoms with Crippen molar-refractivity contribution < 1.29 is 77.5 Å². The molecule has 1 unspecified atom stereocenters. The molecule has 0 saturated carbocycles. The number of aromatic amines is 1. The van der Waals surface area contributed by atoms with E-state index in [1.807, 2.05) is 0 Å². The number of nitrogens with one attached hydrogen (secondary N) is 3. The summed E-state index contributed by atoms with van der Waals surface area (Å²) in [6.45, 7) is 7.96. The maximum atomic E-state index is 13.4. The van der Waals surface area contributed by atoms with Gasteiger partial charge in [0.25, 0.3) is 11.8 Å². The highest BCUT2D eigenvalue weighted by atomic mass is 16.7. The van der Waals surface area contributed by atoms with Gasteiger partial charge < -0.3 is 83.5 Å². The predicted molar refractivity (Wildman–Crippen MR) is 215 cm³/mol. The van der Waals surface area contributed by atoms with Gasteiger partial charge >= 0.3 is 11.3 Å². The van der Waals surface area contributed by atoms with Crippen molar-refractivity contribution in [1.82, 2.24) is 4.98 Å². The predicted octanol–water partition coefficient (Wildman–Crippen LogP) is 1.95. The van der Waals surface area contributed by atoms with E-state index in [-0.39, 0.29) is 50.3 Å². The number of aromatic hydroxyl groups is 2. The number of aliphatic hydroxyl groups excluding tert-OH is 4. The topological polar surface area (TPSA) is 311 Å². The molecule has 62 heavy (non-hydrogen) atoms. The lowest BCUT2D eigenvalue weighted by Crippen LogP contribution is -2.63. The van der Waals surface area contributed by atoms with E-state index >= 15 is 0 Å². The van der Waals surface area contributed by atoms with E-state index in [1.165, 1.54) is 57.5 Å². The summed E-state index contributed by atoms with van der Waals surface area (Å²) in [6.07, 6.45) is -9.01. The number of fused-ring (bicyclic) bond motifs is 2. The number of methoxy groups -OCH3 is 2. The Kier molecular flexibility index (Phi) is 11.6. The van der Waals surface area contributed by atoms with E-state index < -0.39 is 106 Å². The first kappa shape index (κ1) is 44.0. The highest BCUT2D eigenvalue weighted by Gasteiger charge is 2.51. The average molecular weight is 868 g/mol. The molecule has 21 nitrogen and oxygen atoms in total. The molecule has 5 aromatic rings. The molecule has 332 valence electrons. The molecular weight excluding hydrogens is 822 g/mol. The Hall–Kier alpha value is -6.04. The van der Waals surface area contributed by atoms with Crippen LogP contribution in [0, 0.1) is 6.92 Å². The first-order chi connectivity index (χ1) is 29.2. The fourth-order valence-corrected chi connectivity index (χ4v) is 7.70. The van der Waals surface area contributed by atoms with Gasteiger partial charge in [-0.1, -0.05) is 0 Å². The molecule has 8 atom stereocenters. The number of amides is 2. The molecule has 2 aromatic carbocycles. The van der Waals surface area contributed by atoms with Gasteiger partial charge in [0.05, 0.1) is 27.5 Å². The summed E-state index contributed by atoms with van der Waals surface area (Å²) in [5.74, 6) is -3.13. The first-order valence-electron chi connectivity index (χ1n) is 19.0. The maximum Gasteiger partial charge on any atom is 0.364 e. The number of carbonyl (C=O) groups excluding carboxylic acids is 2. The molecule has 2 aliphatic rings. The Morgan fingerprint density at radius 2 is 1.10 bits per heavy atom. The van der Waals surface area contributed by atoms with E-state index in [0.29, 0.717) is 0 Å². The van der Waals surface area contributed by atoms with Gasteiger partial charge in [0.15, 0.2) is 22.9 Å². The minimum atomic E-state index is -1.51. The monoisotopic (exact) mass is 867 g/mol. The maximum absolute atomic E-state index is 13.4. The Morgan fingerprint density at radius 3 is 1.52 bits per heavy atom. The normalized spacial score (nSPS) is 25.7. The van der Waals surface area contributed by atoms with Crippen LogP contribution in [0.15, 0.2) is 61.0 Å². The largest absolute Gasteiger partial charge is 0.505 e. The zero-order valence-electron chi connectivity index (χ0n) is 34.2. The van der Waals surface area contributed by atoms with Gasteiger partial charge in [0.2, 0.25) is 12.6 Å². The van der Waals surface area contributed by atoms with Crippen molar-refractivity contribution in [3.63, 3.8) is 0 Å². The molecule has 9 N–H and O–H groups in total. The third-order valence-corrected chi connectivity index (χ3v) is 10.9. The summed E-state index contributed by atoms with van der Waals surface area (Å²) in [5, 5.41) is 68.9. The number of hydrogen-bond acceptors (Lipinski definition) is 18. The molecule has 2 fully saturated rings. The Balaban J connectivity index is 1.05. The smallest absolute Gasteiger partial charge is 0.364 e. The van der Waals surface area contributed by atoms with Crippen molar-refractivity contribution in [2.45, 2.75) is 95.0 Å². The second-order valence-electron chi connectivity index (χ2n) is 15.8. The van der Waals surface area contributed by atoms with Crippen LogP contribution in [-0.2, 0) is 18.9 Å². The van der Waals surface area contributed by atoms with Crippen molar-refractivity contribution in [3.8, 4) is 23.0 Å². The fourth-order valence-electron chi connectivity index (χ4n) is 7.70. The van der Waals surface area contributed by atoms with Gasteiger partial charge in [-0.2, -0.15) is 0 Å². The van der Waals surface area contributed by atoms with Crippen molar-refractivity contribution in [2.24, 2.45) is 0 Å². The van der Waals surface area contributed by atoms with Crippen molar-refractivity contribution in [3.05, 3.63) is 80.3 Å². The molecule has 0 bridgehead atoms. The van der Waals surface area contributed by atoms with Gasteiger partial charge in [-0.05, 0) is 64.4 Å². The average Bonchev–Trinajstić information content (AvgIpc) is 3.59. The molecule has 21 heteroatoms. The number of anilines is 2. The number of carbonyl (C=O) groups is 2. The van der Waals surface area contributed by atoms with Crippen LogP contribution in [0.2, 0.25) is 0 Å². The Labute approximate surface area is 350 Å². The van der Waals surface area contributed by atoms with Gasteiger partial charge in [-0.25, -0.2) is 9.59 Å². The quantitative estimate of drug-likeness (QED) is 0.0906. The van der Waals surface area contributed by atoms with Crippen LogP contribution >= 0.6 is 0 Å². The van der Waals surface area contributed by atoms with Gasteiger partial charge in [-0.15, -0.1) is 0 Å². The summed E-state index contributed by atoms with van der Waals surface area (Å²) in [7, 11) is 2.73. The lowest BCUT2D eigenvalue weighted by atomic mass is 9.89. The van der Waals surface area contributed by atoms with Crippen LogP contribution in [0.3, 0.4) is 0 Å². The van der Waals surface area contributed by atoms with Crippen LogP contribution in [0.1, 0.15) is 54.1 Å². The molecular formula is C41H45N3O18. The summed E-state index contributed by atoms with van der Waals surface area (Å²) in [6, 6.07) is 7.87. The first-order valence-corrected chi connectivity index (χ1v) is 19.0. The summed E-state index contributed by atoms with van der Waals surface area (Å²) in [5.41, 5.74) is -6.32. The number of aliphatic hydroxyl groups is 4. The second-order valence-corrected chi connectivity index (χ2v) is 15.8. The third kappa shape index (κ3) is 7.84. The Morgan fingerprint density at radius 1 is 0.677 bits per heavy atom. The van der Waals surface area contributed by atoms with Crippen LogP contribution in [0.4, 0.5) is 11.4 Å². The second kappa shape index (κ2) is 16.3. The SMILES string of the molecule is CO[C@@H]1[C@@H](O)[C@@H](O)[C@H](Oc2ccc3c(O)c(NC(=O)c4[nH]cc(C(=O)Nc5c(O)c6ccc(O[C@@H]7OC(C)(C)[C@H](OC)[C@@H](O)C7O)cc6oc5=O)c4C)c(=O)oc3c2)OC1(C)C. The summed E-state index contributed by atoms with van der Waals surface area (Å²) < 4.78 is 44.4.